The van der Waals surface area contributed by atoms with E-state index in [0.717, 1.165) is 12.8 Å². The van der Waals surface area contributed by atoms with Crippen LogP contribution in [0, 0.1) is 12.3 Å². The summed E-state index contributed by atoms with van der Waals surface area (Å²) < 4.78 is 5.65. The number of piperidine rings is 1. The number of anilines is 1. The molecule has 0 radical (unpaired) electrons. The summed E-state index contributed by atoms with van der Waals surface area (Å²) in [5.74, 6) is 2.76. The molecule has 2 bridgehead atoms. The highest BCUT2D eigenvalue weighted by Crippen LogP contribution is 2.35. The van der Waals surface area contributed by atoms with Crippen molar-refractivity contribution in [3.8, 4) is 18.1 Å². The van der Waals surface area contributed by atoms with Gasteiger partial charge in [-0.1, -0.05) is 11.6 Å². The lowest BCUT2D eigenvalue weighted by atomic mass is 9.97. The minimum Gasteiger partial charge on any atom is -0.492 e. The Morgan fingerprint density at radius 1 is 1.42 bits per heavy atom. The monoisotopic (exact) mass is 397 g/mol. The van der Waals surface area contributed by atoms with Gasteiger partial charge in [-0.05, 0) is 38.8 Å². The SMILES string of the molecule is C#CCCOc1cc(N)c(Cl)cc1C(=O)NC1CC2CCC(C1)N2C.Cl. The number of rotatable bonds is 5. The van der Waals surface area contributed by atoms with Crippen LogP contribution in [0.3, 0.4) is 0 Å². The molecule has 7 heteroatoms. The quantitative estimate of drug-likeness (QED) is 0.455. The number of carbonyl (C=O) groups excluding carboxylic acids is 1. The fourth-order valence-electron chi connectivity index (χ4n) is 3.88. The molecule has 0 aliphatic carbocycles. The Morgan fingerprint density at radius 2 is 2.08 bits per heavy atom. The number of nitrogens with two attached hydrogens (primary N) is 1. The first-order valence-corrected chi connectivity index (χ1v) is 9.05. The smallest absolute Gasteiger partial charge is 0.255 e. The summed E-state index contributed by atoms with van der Waals surface area (Å²) >= 11 is 6.11. The van der Waals surface area contributed by atoms with Crippen LogP contribution in [0.2, 0.25) is 5.02 Å². The number of halogens is 2. The van der Waals surface area contributed by atoms with Gasteiger partial charge in [0, 0.05) is 30.6 Å². The third kappa shape index (κ3) is 4.37. The van der Waals surface area contributed by atoms with Gasteiger partial charge in [0.15, 0.2) is 0 Å². The molecule has 3 rings (SSSR count). The number of terminal acetylenes is 1. The third-order valence-electron chi connectivity index (χ3n) is 5.28. The molecular formula is C19H25Cl2N3O2. The zero-order valence-electron chi connectivity index (χ0n) is 14.8. The van der Waals surface area contributed by atoms with Crippen molar-refractivity contribution in [1.82, 2.24) is 10.2 Å². The molecule has 2 heterocycles. The molecule has 2 saturated heterocycles. The predicted octanol–water partition coefficient (Wildman–Crippen LogP) is 3.10. The molecule has 0 saturated carbocycles. The van der Waals surface area contributed by atoms with Crippen molar-refractivity contribution in [3.05, 3.63) is 22.7 Å². The van der Waals surface area contributed by atoms with E-state index in [-0.39, 0.29) is 24.4 Å². The Morgan fingerprint density at radius 3 is 2.69 bits per heavy atom. The largest absolute Gasteiger partial charge is 0.492 e. The number of fused-ring (bicyclic) bond motifs is 2. The molecule has 2 aliphatic heterocycles. The first kappa shape index (κ1) is 20.7. The summed E-state index contributed by atoms with van der Waals surface area (Å²) in [5.41, 5.74) is 6.63. The molecule has 2 aliphatic rings. The van der Waals surface area contributed by atoms with E-state index in [4.69, 9.17) is 28.5 Å². The molecule has 2 fully saturated rings. The van der Waals surface area contributed by atoms with Crippen LogP contribution in [0.15, 0.2) is 12.1 Å². The second kappa shape index (κ2) is 8.85. The first-order chi connectivity index (χ1) is 12.0. The Hall–Kier alpha value is -1.61. The average Bonchev–Trinajstić information content (AvgIpc) is 2.80. The van der Waals surface area contributed by atoms with Crippen molar-refractivity contribution in [2.75, 3.05) is 19.4 Å². The Balaban J connectivity index is 0.00000243. The van der Waals surface area contributed by atoms with Crippen LogP contribution in [-0.2, 0) is 0 Å². The zero-order valence-corrected chi connectivity index (χ0v) is 16.4. The standard InChI is InChI=1S/C19H24ClN3O2.ClH/c1-3-4-7-25-18-11-17(21)16(20)10-15(18)19(24)22-12-8-13-5-6-14(9-12)23(13)2;/h1,10-14H,4-9,21H2,2H3,(H,22,24);1H. The summed E-state index contributed by atoms with van der Waals surface area (Å²) in [5, 5.41) is 3.49. The number of nitrogens with zero attached hydrogens (tertiary/aromatic N) is 1. The summed E-state index contributed by atoms with van der Waals surface area (Å²) in [6.07, 6.45) is 10.1. The maximum Gasteiger partial charge on any atom is 0.255 e. The number of nitrogens with one attached hydrogen (secondary N) is 1. The van der Waals surface area contributed by atoms with Crippen LogP contribution in [0.5, 0.6) is 5.75 Å². The Bertz CT molecular complexity index is 691. The van der Waals surface area contributed by atoms with Crippen molar-refractivity contribution in [3.63, 3.8) is 0 Å². The highest BCUT2D eigenvalue weighted by molar-refractivity contribution is 6.33. The Labute approximate surface area is 166 Å². The molecule has 142 valence electrons. The van der Waals surface area contributed by atoms with E-state index in [1.165, 1.54) is 12.8 Å². The van der Waals surface area contributed by atoms with Crippen LogP contribution in [-0.4, -0.2) is 42.6 Å². The lowest BCUT2D eigenvalue weighted by molar-refractivity contribution is 0.0879. The Kier molecular flexibility index (Phi) is 7.05. The van der Waals surface area contributed by atoms with Crippen molar-refractivity contribution >= 4 is 35.6 Å². The second-order valence-corrected chi connectivity index (χ2v) is 7.27. The normalized spacial score (nSPS) is 24.4. The van der Waals surface area contributed by atoms with Crippen molar-refractivity contribution in [1.29, 1.82) is 0 Å². The molecule has 3 N–H and O–H groups in total. The lowest BCUT2D eigenvalue weighted by Crippen LogP contribution is -2.48. The van der Waals surface area contributed by atoms with Gasteiger partial charge < -0.3 is 20.7 Å². The van der Waals surface area contributed by atoms with E-state index in [1.54, 1.807) is 12.1 Å². The van der Waals surface area contributed by atoms with Gasteiger partial charge in [-0.2, -0.15) is 0 Å². The predicted molar refractivity (Wildman–Crippen MR) is 107 cm³/mol. The first-order valence-electron chi connectivity index (χ1n) is 8.67. The number of ether oxygens (including phenoxy) is 1. The molecule has 2 unspecified atom stereocenters. The molecule has 0 aromatic heterocycles. The van der Waals surface area contributed by atoms with Gasteiger partial charge in [-0.25, -0.2) is 0 Å². The minimum absolute atomic E-state index is 0. The number of benzene rings is 1. The topological polar surface area (TPSA) is 67.6 Å². The summed E-state index contributed by atoms with van der Waals surface area (Å²) in [6.45, 7) is 0.330. The maximum absolute atomic E-state index is 12.8. The summed E-state index contributed by atoms with van der Waals surface area (Å²) in [4.78, 5) is 15.2. The van der Waals surface area contributed by atoms with Crippen LogP contribution in [0.4, 0.5) is 5.69 Å². The van der Waals surface area contributed by atoms with E-state index >= 15 is 0 Å². The maximum atomic E-state index is 12.8. The van der Waals surface area contributed by atoms with E-state index < -0.39 is 0 Å². The van der Waals surface area contributed by atoms with Crippen LogP contribution in [0.25, 0.3) is 0 Å². The van der Waals surface area contributed by atoms with Crippen LogP contribution in [0.1, 0.15) is 42.5 Å². The number of nitrogen functional groups attached to an aromatic ring is 1. The number of hydrogen-bond donors (Lipinski definition) is 2. The number of carbonyl (C=O) groups is 1. The highest BCUT2D eigenvalue weighted by atomic mass is 35.5. The molecule has 26 heavy (non-hydrogen) atoms. The van der Waals surface area contributed by atoms with Gasteiger partial charge in [-0.3, -0.25) is 4.79 Å². The molecule has 1 aromatic rings. The van der Waals surface area contributed by atoms with Crippen LogP contribution < -0.4 is 15.8 Å². The zero-order chi connectivity index (χ0) is 18.0. The average molecular weight is 398 g/mol. The number of hydrogen-bond acceptors (Lipinski definition) is 4. The second-order valence-electron chi connectivity index (χ2n) is 6.86. The summed E-state index contributed by atoms with van der Waals surface area (Å²) in [7, 11) is 2.18. The molecule has 5 nitrogen and oxygen atoms in total. The fourth-order valence-corrected chi connectivity index (χ4v) is 4.04. The van der Waals surface area contributed by atoms with Crippen molar-refractivity contribution < 1.29 is 9.53 Å². The van der Waals surface area contributed by atoms with Gasteiger partial charge >= 0.3 is 0 Å². The highest BCUT2D eigenvalue weighted by Gasteiger charge is 2.39. The molecule has 2 atom stereocenters. The molecular weight excluding hydrogens is 373 g/mol. The van der Waals surface area contributed by atoms with E-state index in [1.807, 2.05) is 0 Å². The molecule has 1 amide bonds. The van der Waals surface area contributed by atoms with Crippen molar-refractivity contribution in [2.24, 2.45) is 0 Å². The summed E-state index contributed by atoms with van der Waals surface area (Å²) in [6, 6.07) is 4.46. The lowest BCUT2D eigenvalue weighted by Gasteiger charge is -2.36. The van der Waals surface area contributed by atoms with E-state index in [9.17, 15) is 4.79 Å². The van der Waals surface area contributed by atoms with Gasteiger partial charge in [0.1, 0.15) is 5.75 Å². The molecule has 1 aromatic carbocycles. The van der Waals surface area contributed by atoms with E-state index in [0.29, 0.717) is 47.1 Å². The van der Waals surface area contributed by atoms with Gasteiger partial charge in [0.25, 0.3) is 5.91 Å². The third-order valence-corrected chi connectivity index (χ3v) is 5.61. The molecule has 0 spiro atoms. The van der Waals surface area contributed by atoms with Gasteiger partial charge in [0.05, 0.1) is 22.9 Å². The fraction of sp³-hybridized carbons (Fsp3) is 0.526. The minimum atomic E-state index is -0.174. The van der Waals surface area contributed by atoms with Gasteiger partial charge in [0.2, 0.25) is 0 Å². The van der Waals surface area contributed by atoms with Crippen LogP contribution >= 0.6 is 24.0 Å². The van der Waals surface area contributed by atoms with Gasteiger partial charge in [-0.15, -0.1) is 24.8 Å². The van der Waals surface area contributed by atoms with E-state index in [2.05, 4.69) is 23.2 Å². The van der Waals surface area contributed by atoms with Crippen molar-refractivity contribution in [2.45, 2.75) is 50.2 Å². The number of amides is 1.